The summed E-state index contributed by atoms with van der Waals surface area (Å²) < 4.78 is 10.3. The van der Waals surface area contributed by atoms with Crippen LogP contribution >= 0.6 is 8.03 Å². The summed E-state index contributed by atoms with van der Waals surface area (Å²) in [4.78, 5) is 10.3. The molecule has 3 heteroatoms. The molecular formula is C8H17O2P. The second-order valence-corrected chi connectivity index (χ2v) is 4.15. The largest absolute Gasteiger partial charge is 0.596 e. The van der Waals surface area contributed by atoms with Gasteiger partial charge in [0.2, 0.25) is 0 Å². The molecule has 0 heterocycles. The lowest BCUT2D eigenvalue weighted by Gasteiger charge is -2.04. The quantitative estimate of drug-likeness (QED) is 0.460. The van der Waals surface area contributed by atoms with E-state index in [1.807, 2.05) is 6.92 Å². The van der Waals surface area contributed by atoms with E-state index in [4.69, 9.17) is 0 Å². The Bertz CT molecular complexity index is 115. The number of rotatable bonds is 6. The van der Waals surface area contributed by atoms with Crippen LogP contribution in [0, 0.1) is 5.92 Å². The third-order valence-corrected chi connectivity index (χ3v) is 2.68. The molecule has 0 radical (unpaired) electrons. The van der Waals surface area contributed by atoms with E-state index in [2.05, 4.69) is 6.92 Å². The minimum Gasteiger partial charge on any atom is -0.596 e. The number of unbranched alkanes of at least 4 members (excludes halogenated alkanes) is 2. The van der Waals surface area contributed by atoms with Crippen LogP contribution < -0.4 is 4.89 Å². The maximum atomic E-state index is 10.3. The highest BCUT2D eigenvalue weighted by molar-refractivity contribution is 7.36. The van der Waals surface area contributed by atoms with Crippen LogP contribution in [0.15, 0.2) is 0 Å². The Hall–Kier alpha value is 0.0600. The molecule has 11 heavy (non-hydrogen) atoms. The molecule has 0 N–H and O–H groups in total. The first-order valence-electron chi connectivity index (χ1n) is 4.28. The Balaban J connectivity index is 3.22. The van der Waals surface area contributed by atoms with Crippen LogP contribution in [-0.4, -0.2) is 6.16 Å². The zero-order chi connectivity index (χ0) is 8.69. The van der Waals surface area contributed by atoms with Gasteiger partial charge in [0.05, 0.1) is 0 Å². The lowest BCUT2D eigenvalue weighted by Crippen LogP contribution is -2.02. The van der Waals surface area contributed by atoms with E-state index >= 15 is 0 Å². The van der Waals surface area contributed by atoms with Gasteiger partial charge < -0.3 is 4.89 Å². The summed E-state index contributed by atoms with van der Waals surface area (Å²) in [6.45, 7) is 4.15. The fourth-order valence-corrected chi connectivity index (χ4v) is 1.78. The topological polar surface area (TPSA) is 40.1 Å². The summed E-state index contributed by atoms with van der Waals surface area (Å²) >= 11 is 0. The maximum Gasteiger partial charge on any atom is 0.309 e. The Kier molecular flexibility index (Phi) is 6.79. The van der Waals surface area contributed by atoms with Crippen LogP contribution in [0.25, 0.3) is 0 Å². The molecule has 0 fully saturated rings. The molecule has 0 aromatic rings. The van der Waals surface area contributed by atoms with Crippen LogP contribution in [0.2, 0.25) is 0 Å². The summed E-state index contributed by atoms with van der Waals surface area (Å²) in [5.74, 6) is 0.350. The van der Waals surface area contributed by atoms with Gasteiger partial charge >= 0.3 is 8.03 Å². The van der Waals surface area contributed by atoms with Crippen molar-refractivity contribution in [3.8, 4) is 0 Å². The van der Waals surface area contributed by atoms with Crippen molar-refractivity contribution in [2.45, 2.75) is 39.5 Å². The third-order valence-electron chi connectivity index (χ3n) is 1.76. The number of hydrogen-bond donors (Lipinski definition) is 0. The number of hydrogen-bond acceptors (Lipinski definition) is 2. The van der Waals surface area contributed by atoms with Crippen molar-refractivity contribution in [3.63, 3.8) is 0 Å². The van der Waals surface area contributed by atoms with Crippen molar-refractivity contribution in [2.75, 3.05) is 6.16 Å². The molecule has 0 saturated heterocycles. The average molecular weight is 176 g/mol. The van der Waals surface area contributed by atoms with Crippen LogP contribution in [0.1, 0.15) is 39.5 Å². The average Bonchev–Trinajstić information content (AvgIpc) is 1.86. The molecule has 0 rings (SSSR count). The highest BCUT2D eigenvalue weighted by atomic mass is 31.1. The van der Waals surface area contributed by atoms with E-state index in [1.165, 1.54) is 19.3 Å². The first kappa shape index (κ1) is 11.1. The molecule has 2 atom stereocenters. The summed E-state index contributed by atoms with van der Waals surface area (Å²) in [5.41, 5.74) is 0. The van der Waals surface area contributed by atoms with E-state index in [0.29, 0.717) is 12.1 Å². The normalized spacial score (nSPS) is 14.6. The molecule has 0 aliphatic heterocycles. The van der Waals surface area contributed by atoms with Crippen molar-refractivity contribution in [1.82, 2.24) is 0 Å². The second-order valence-electron chi connectivity index (χ2n) is 3.12. The fourth-order valence-electron chi connectivity index (χ4n) is 1.09. The molecule has 0 aliphatic rings. The van der Waals surface area contributed by atoms with E-state index in [-0.39, 0.29) is 0 Å². The second kappa shape index (κ2) is 6.75. The Labute approximate surface area is 69.9 Å². The van der Waals surface area contributed by atoms with Crippen LogP contribution in [0.4, 0.5) is 0 Å². The van der Waals surface area contributed by atoms with E-state index in [0.717, 1.165) is 6.42 Å². The van der Waals surface area contributed by atoms with Gasteiger partial charge in [0.1, 0.15) is 6.16 Å². The van der Waals surface area contributed by atoms with Gasteiger partial charge in [0.15, 0.2) is 0 Å². The smallest absolute Gasteiger partial charge is 0.309 e. The van der Waals surface area contributed by atoms with Gasteiger partial charge in [-0.25, -0.2) is 0 Å². The summed E-state index contributed by atoms with van der Waals surface area (Å²) in [6.07, 6.45) is 5.01. The molecule has 0 aromatic heterocycles. The highest BCUT2D eigenvalue weighted by Gasteiger charge is 2.09. The first-order valence-corrected chi connectivity index (χ1v) is 5.65. The maximum absolute atomic E-state index is 10.3. The van der Waals surface area contributed by atoms with Crippen LogP contribution in [0.5, 0.6) is 0 Å². The van der Waals surface area contributed by atoms with Crippen molar-refractivity contribution >= 4 is 8.03 Å². The van der Waals surface area contributed by atoms with Gasteiger partial charge in [-0.15, -0.1) is 0 Å². The van der Waals surface area contributed by atoms with Crippen molar-refractivity contribution in [2.24, 2.45) is 5.92 Å². The minimum absolute atomic E-state index is 0.350. The zero-order valence-corrected chi connectivity index (χ0v) is 8.27. The molecule has 66 valence electrons. The summed E-state index contributed by atoms with van der Waals surface area (Å²) in [5, 5.41) is 0. The fraction of sp³-hybridized carbons (Fsp3) is 1.00. The molecule has 0 aromatic carbocycles. The third kappa shape index (κ3) is 7.96. The van der Waals surface area contributed by atoms with E-state index < -0.39 is 8.03 Å². The molecule has 0 saturated carbocycles. The van der Waals surface area contributed by atoms with Crippen molar-refractivity contribution in [3.05, 3.63) is 0 Å². The lowest BCUT2D eigenvalue weighted by molar-refractivity contribution is -0.164. The van der Waals surface area contributed by atoms with Gasteiger partial charge in [0.25, 0.3) is 0 Å². The van der Waals surface area contributed by atoms with Gasteiger partial charge in [-0.3, -0.25) is 0 Å². The first-order chi connectivity index (χ1) is 5.16. The van der Waals surface area contributed by atoms with Gasteiger partial charge in [0, 0.05) is 0 Å². The Morgan fingerprint density at radius 1 is 1.45 bits per heavy atom. The Morgan fingerprint density at radius 3 is 2.55 bits per heavy atom. The summed E-state index contributed by atoms with van der Waals surface area (Å²) in [6, 6.07) is 0. The molecule has 0 bridgehead atoms. The molecule has 2 unspecified atom stereocenters. The SMILES string of the molecule is CCCCCC(C)C[P+](=O)[O-]. The molecule has 0 amide bonds. The predicted molar refractivity (Wildman–Crippen MR) is 45.8 cm³/mol. The van der Waals surface area contributed by atoms with Crippen molar-refractivity contribution < 1.29 is 9.46 Å². The minimum atomic E-state index is -2.16. The monoisotopic (exact) mass is 176 g/mol. The standard InChI is InChI=1S/C8H17O2P/c1-3-4-5-6-8(2)7-11(9)10/h8H,3-7H2,1-2H3. The lowest BCUT2D eigenvalue weighted by atomic mass is 10.1. The molecule has 0 spiro atoms. The van der Waals surface area contributed by atoms with Crippen molar-refractivity contribution in [1.29, 1.82) is 0 Å². The van der Waals surface area contributed by atoms with Crippen LogP contribution in [0.3, 0.4) is 0 Å². The van der Waals surface area contributed by atoms with Gasteiger partial charge in [-0.05, 0) is 12.3 Å². The molecular weight excluding hydrogens is 159 g/mol. The van der Waals surface area contributed by atoms with Crippen LogP contribution in [-0.2, 0) is 4.57 Å². The highest BCUT2D eigenvalue weighted by Crippen LogP contribution is 2.18. The molecule has 2 nitrogen and oxygen atoms in total. The summed E-state index contributed by atoms with van der Waals surface area (Å²) in [7, 11) is -2.16. The zero-order valence-electron chi connectivity index (χ0n) is 7.38. The Morgan fingerprint density at radius 2 is 2.09 bits per heavy atom. The van der Waals surface area contributed by atoms with E-state index in [9.17, 15) is 9.46 Å². The molecule has 0 aliphatic carbocycles. The van der Waals surface area contributed by atoms with Gasteiger partial charge in [-0.2, -0.15) is 0 Å². The predicted octanol–water partition coefficient (Wildman–Crippen LogP) is 2.31. The van der Waals surface area contributed by atoms with E-state index in [1.54, 1.807) is 0 Å². The van der Waals surface area contributed by atoms with Gasteiger partial charge in [-0.1, -0.05) is 37.7 Å².